The highest BCUT2D eigenvalue weighted by Crippen LogP contribution is 2.18. The number of hydrogen-bond donors (Lipinski definition) is 1. The van der Waals surface area contributed by atoms with E-state index in [1.165, 1.54) is 0 Å². The summed E-state index contributed by atoms with van der Waals surface area (Å²) in [6, 6.07) is 9.29. The van der Waals surface area contributed by atoms with Crippen molar-refractivity contribution in [2.75, 3.05) is 18.8 Å². The third-order valence-corrected chi connectivity index (χ3v) is 6.09. The third-order valence-electron chi connectivity index (χ3n) is 4.68. The minimum Gasteiger partial charge on any atom is -0.339 e. The minimum absolute atomic E-state index is 0.0342. The highest BCUT2D eigenvalue weighted by atomic mass is 32.2. The molecule has 1 amide bonds. The van der Waals surface area contributed by atoms with Crippen molar-refractivity contribution in [2.24, 2.45) is 5.92 Å². The number of sulfonamides is 1. The zero-order valence-corrected chi connectivity index (χ0v) is 16.1. The van der Waals surface area contributed by atoms with E-state index < -0.39 is 10.0 Å². The van der Waals surface area contributed by atoms with Gasteiger partial charge < -0.3 is 4.90 Å². The number of nitrogens with one attached hydrogen (secondary N) is 1. The van der Waals surface area contributed by atoms with E-state index in [4.69, 9.17) is 5.26 Å². The van der Waals surface area contributed by atoms with Gasteiger partial charge in [-0.2, -0.15) is 5.26 Å². The molecule has 0 bridgehead atoms. The molecule has 0 saturated carbocycles. The Labute approximate surface area is 156 Å². The summed E-state index contributed by atoms with van der Waals surface area (Å²) in [5.41, 5.74) is 1.42. The van der Waals surface area contributed by atoms with E-state index in [1.54, 1.807) is 29.2 Å². The highest BCUT2D eigenvalue weighted by molar-refractivity contribution is 7.89. The third kappa shape index (κ3) is 6.11. The molecular formula is C19H27N3O3S. The quantitative estimate of drug-likeness (QED) is 0.705. The van der Waals surface area contributed by atoms with E-state index in [0.717, 1.165) is 31.2 Å². The Morgan fingerprint density at radius 3 is 2.46 bits per heavy atom. The normalized spacial score (nSPS) is 15.6. The predicted octanol–water partition coefficient (Wildman–Crippen LogP) is 2.67. The second kappa shape index (κ2) is 9.70. The Balaban J connectivity index is 1.86. The van der Waals surface area contributed by atoms with Crippen LogP contribution >= 0.6 is 0 Å². The van der Waals surface area contributed by atoms with E-state index in [1.807, 2.05) is 6.92 Å². The van der Waals surface area contributed by atoms with Gasteiger partial charge in [-0.3, -0.25) is 4.79 Å². The van der Waals surface area contributed by atoms with Crippen molar-refractivity contribution >= 4 is 15.9 Å². The molecule has 0 aliphatic carbocycles. The van der Waals surface area contributed by atoms with Crippen molar-refractivity contribution in [2.45, 2.75) is 45.6 Å². The molecule has 6 nitrogen and oxygen atoms in total. The van der Waals surface area contributed by atoms with Crippen LogP contribution in [-0.4, -0.2) is 38.1 Å². The highest BCUT2D eigenvalue weighted by Gasteiger charge is 2.23. The number of nitriles is 1. The van der Waals surface area contributed by atoms with Crippen LogP contribution in [0.5, 0.6) is 0 Å². The number of piperidine rings is 1. The standard InChI is InChI=1S/C19H27N3O3S/c1-2-3-4-13-26(24,25)21-15-17-5-7-18(8-6-17)19(23)22-11-9-16(14-20)10-12-22/h5-8,16,21H,2-4,9-13,15H2,1H3. The first-order chi connectivity index (χ1) is 12.4. The second-order valence-electron chi connectivity index (χ2n) is 6.74. The molecule has 7 heteroatoms. The predicted molar refractivity (Wildman–Crippen MR) is 101 cm³/mol. The number of likely N-dealkylation sites (tertiary alicyclic amines) is 1. The van der Waals surface area contributed by atoms with Gasteiger partial charge in [0.25, 0.3) is 5.91 Å². The number of nitrogens with zero attached hydrogens (tertiary/aromatic N) is 2. The van der Waals surface area contributed by atoms with Crippen LogP contribution in [0.4, 0.5) is 0 Å². The van der Waals surface area contributed by atoms with Gasteiger partial charge in [-0.15, -0.1) is 0 Å². The average Bonchev–Trinajstić information content (AvgIpc) is 2.66. The zero-order valence-electron chi connectivity index (χ0n) is 15.3. The molecule has 0 spiro atoms. The Bertz CT molecular complexity index is 730. The Morgan fingerprint density at radius 2 is 1.88 bits per heavy atom. The minimum atomic E-state index is -3.25. The summed E-state index contributed by atoms with van der Waals surface area (Å²) in [4.78, 5) is 14.3. The SMILES string of the molecule is CCCCCS(=O)(=O)NCc1ccc(C(=O)N2CCC(C#N)CC2)cc1. The molecule has 1 aromatic rings. The Morgan fingerprint density at radius 1 is 1.23 bits per heavy atom. The lowest BCUT2D eigenvalue weighted by atomic mass is 9.98. The summed E-state index contributed by atoms with van der Waals surface area (Å²) in [5, 5.41) is 8.93. The van der Waals surface area contributed by atoms with Gasteiger partial charge in [0.05, 0.1) is 11.8 Å². The monoisotopic (exact) mass is 377 g/mol. The molecule has 142 valence electrons. The van der Waals surface area contributed by atoms with Crippen LogP contribution in [0, 0.1) is 17.2 Å². The first-order valence-corrected chi connectivity index (χ1v) is 10.9. The van der Waals surface area contributed by atoms with Crippen molar-refractivity contribution in [3.05, 3.63) is 35.4 Å². The van der Waals surface area contributed by atoms with Crippen LogP contribution in [0.2, 0.25) is 0 Å². The summed E-state index contributed by atoms with van der Waals surface area (Å²) in [5.74, 6) is 0.163. The van der Waals surface area contributed by atoms with Gasteiger partial charge in [-0.1, -0.05) is 31.9 Å². The van der Waals surface area contributed by atoms with Gasteiger partial charge in [-0.05, 0) is 37.0 Å². The summed E-state index contributed by atoms with van der Waals surface area (Å²) in [6.45, 7) is 3.48. The zero-order chi connectivity index (χ0) is 19.0. The molecule has 0 radical (unpaired) electrons. The fourth-order valence-electron chi connectivity index (χ4n) is 2.97. The summed E-state index contributed by atoms with van der Waals surface area (Å²) < 4.78 is 26.4. The molecule has 0 atom stereocenters. The van der Waals surface area contributed by atoms with Gasteiger partial charge in [0, 0.05) is 31.1 Å². The Hall–Kier alpha value is -1.91. The van der Waals surface area contributed by atoms with Crippen molar-refractivity contribution in [3.8, 4) is 6.07 Å². The summed E-state index contributed by atoms with van der Waals surface area (Å²) in [6.07, 6.45) is 4.00. The van der Waals surface area contributed by atoms with Crippen molar-refractivity contribution < 1.29 is 13.2 Å². The van der Waals surface area contributed by atoms with E-state index >= 15 is 0 Å². The molecule has 0 aromatic heterocycles. The smallest absolute Gasteiger partial charge is 0.253 e. The largest absolute Gasteiger partial charge is 0.339 e. The average molecular weight is 378 g/mol. The molecule has 26 heavy (non-hydrogen) atoms. The number of benzene rings is 1. The van der Waals surface area contributed by atoms with Crippen LogP contribution in [-0.2, 0) is 16.6 Å². The van der Waals surface area contributed by atoms with E-state index in [2.05, 4.69) is 10.8 Å². The van der Waals surface area contributed by atoms with Crippen LogP contribution in [0.1, 0.15) is 54.9 Å². The van der Waals surface area contributed by atoms with Gasteiger partial charge in [0.15, 0.2) is 0 Å². The molecule has 0 unspecified atom stereocenters. The van der Waals surface area contributed by atoms with Crippen LogP contribution in [0.3, 0.4) is 0 Å². The van der Waals surface area contributed by atoms with Gasteiger partial charge in [0.2, 0.25) is 10.0 Å². The lowest BCUT2D eigenvalue weighted by Gasteiger charge is -2.29. The molecule has 1 aliphatic heterocycles. The number of rotatable bonds is 8. The maximum Gasteiger partial charge on any atom is 0.253 e. The summed E-state index contributed by atoms with van der Waals surface area (Å²) >= 11 is 0. The molecular weight excluding hydrogens is 350 g/mol. The summed E-state index contributed by atoms with van der Waals surface area (Å²) in [7, 11) is -3.25. The number of amides is 1. The molecule has 1 aromatic carbocycles. The lowest BCUT2D eigenvalue weighted by molar-refractivity contribution is 0.0707. The fraction of sp³-hybridized carbons (Fsp3) is 0.579. The number of hydrogen-bond acceptors (Lipinski definition) is 4. The van der Waals surface area contributed by atoms with Gasteiger partial charge >= 0.3 is 0 Å². The topological polar surface area (TPSA) is 90.3 Å². The number of unbranched alkanes of at least 4 members (excludes halogenated alkanes) is 2. The number of carbonyl (C=O) groups excluding carboxylic acids is 1. The maximum atomic E-state index is 12.5. The first-order valence-electron chi connectivity index (χ1n) is 9.20. The second-order valence-corrected chi connectivity index (χ2v) is 8.67. The van der Waals surface area contributed by atoms with E-state index in [0.29, 0.717) is 25.1 Å². The fourth-order valence-corrected chi connectivity index (χ4v) is 4.08. The van der Waals surface area contributed by atoms with Gasteiger partial charge in [0.1, 0.15) is 0 Å². The molecule has 1 saturated heterocycles. The molecule has 2 rings (SSSR count). The van der Waals surface area contributed by atoms with Gasteiger partial charge in [-0.25, -0.2) is 13.1 Å². The molecule has 1 fully saturated rings. The number of carbonyl (C=O) groups is 1. The Kier molecular flexibility index (Phi) is 7.61. The van der Waals surface area contributed by atoms with Crippen LogP contribution in [0.25, 0.3) is 0 Å². The molecule has 1 N–H and O–H groups in total. The van der Waals surface area contributed by atoms with Crippen LogP contribution in [0.15, 0.2) is 24.3 Å². The van der Waals surface area contributed by atoms with Crippen molar-refractivity contribution in [1.29, 1.82) is 5.26 Å². The lowest BCUT2D eigenvalue weighted by Crippen LogP contribution is -2.38. The molecule has 1 aliphatic rings. The molecule has 1 heterocycles. The van der Waals surface area contributed by atoms with Crippen LogP contribution < -0.4 is 4.72 Å². The van der Waals surface area contributed by atoms with E-state index in [9.17, 15) is 13.2 Å². The van der Waals surface area contributed by atoms with Crippen molar-refractivity contribution in [3.63, 3.8) is 0 Å². The first kappa shape index (κ1) is 20.4. The van der Waals surface area contributed by atoms with E-state index in [-0.39, 0.29) is 24.1 Å². The van der Waals surface area contributed by atoms with Crippen molar-refractivity contribution in [1.82, 2.24) is 9.62 Å². The maximum absolute atomic E-state index is 12.5.